The SMILES string of the molecule is COc1ccc(C(Cc2ccccc2)NC=O)cc1OC. The van der Waals surface area contributed by atoms with E-state index in [9.17, 15) is 4.79 Å². The average Bonchev–Trinajstić information content (AvgIpc) is 2.54. The fourth-order valence-electron chi connectivity index (χ4n) is 2.27. The van der Waals surface area contributed by atoms with Crippen molar-refractivity contribution in [1.82, 2.24) is 5.32 Å². The van der Waals surface area contributed by atoms with Crippen molar-refractivity contribution in [3.63, 3.8) is 0 Å². The van der Waals surface area contributed by atoms with E-state index in [1.54, 1.807) is 14.2 Å². The van der Waals surface area contributed by atoms with Crippen LogP contribution in [0.4, 0.5) is 0 Å². The number of nitrogens with one attached hydrogen (secondary N) is 1. The Hall–Kier alpha value is -2.49. The number of amides is 1. The Morgan fingerprint density at radius 2 is 1.76 bits per heavy atom. The molecule has 0 aliphatic carbocycles. The van der Waals surface area contributed by atoms with Crippen LogP contribution >= 0.6 is 0 Å². The Labute approximate surface area is 124 Å². The lowest BCUT2D eigenvalue weighted by Crippen LogP contribution is -2.21. The number of hydrogen-bond acceptors (Lipinski definition) is 3. The minimum atomic E-state index is -0.107. The summed E-state index contributed by atoms with van der Waals surface area (Å²) in [7, 11) is 3.20. The highest BCUT2D eigenvalue weighted by Crippen LogP contribution is 2.30. The zero-order valence-electron chi connectivity index (χ0n) is 12.2. The second-order valence-electron chi connectivity index (χ2n) is 4.64. The molecule has 1 atom stereocenters. The third-order valence-corrected chi connectivity index (χ3v) is 3.36. The zero-order chi connectivity index (χ0) is 15.1. The lowest BCUT2D eigenvalue weighted by atomic mass is 9.98. The summed E-state index contributed by atoms with van der Waals surface area (Å²) in [6.45, 7) is 0. The number of benzene rings is 2. The Bertz CT molecular complexity index is 584. The Morgan fingerprint density at radius 3 is 2.38 bits per heavy atom. The lowest BCUT2D eigenvalue weighted by Gasteiger charge is -2.18. The molecule has 110 valence electrons. The lowest BCUT2D eigenvalue weighted by molar-refractivity contribution is -0.110. The number of ether oxygens (including phenoxy) is 2. The third kappa shape index (κ3) is 3.75. The molecule has 0 radical (unpaired) electrons. The molecule has 0 saturated carbocycles. The summed E-state index contributed by atoms with van der Waals surface area (Å²) in [5.74, 6) is 1.33. The van der Waals surface area contributed by atoms with Gasteiger partial charge in [0.05, 0.1) is 20.3 Å². The molecule has 0 spiro atoms. The number of carbonyl (C=O) groups is 1. The van der Waals surface area contributed by atoms with Crippen LogP contribution in [0.5, 0.6) is 11.5 Å². The molecule has 2 rings (SSSR count). The normalized spacial score (nSPS) is 11.5. The van der Waals surface area contributed by atoms with E-state index in [-0.39, 0.29) is 6.04 Å². The summed E-state index contributed by atoms with van der Waals surface area (Å²) in [6.07, 6.45) is 1.44. The first-order valence-corrected chi connectivity index (χ1v) is 6.74. The van der Waals surface area contributed by atoms with Crippen molar-refractivity contribution in [2.45, 2.75) is 12.5 Å². The van der Waals surface area contributed by atoms with Crippen LogP contribution in [0.15, 0.2) is 48.5 Å². The van der Waals surface area contributed by atoms with E-state index >= 15 is 0 Å². The van der Waals surface area contributed by atoms with Crippen molar-refractivity contribution in [3.8, 4) is 11.5 Å². The summed E-state index contributed by atoms with van der Waals surface area (Å²) in [5.41, 5.74) is 2.13. The van der Waals surface area contributed by atoms with Gasteiger partial charge in [0, 0.05) is 0 Å². The summed E-state index contributed by atoms with van der Waals surface area (Å²) in [4.78, 5) is 10.9. The molecule has 0 aliphatic heterocycles. The molecule has 0 heterocycles. The van der Waals surface area contributed by atoms with Gasteiger partial charge >= 0.3 is 0 Å². The van der Waals surface area contributed by atoms with Gasteiger partial charge in [-0.1, -0.05) is 36.4 Å². The minimum Gasteiger partial charge on any atom is -0.493 e. The molecular formula is C17H19NO3. The second kappa shape index (κ2) is 7.33. The molecule has 4 heteroatoms. The predicted molar refractivity (Wildman–Crippen MR) is 81.6 cm³/mol. The fraction of sp³-hybridized carbons (Fsp3) is 0.235. The van der Waals surface area contributed by atoms with Gasteiger partial charge < -0.3 is 14.8 Å². The Morgan fingerprint density at radius 1 is 1.05 bits per heavy atom. The first-order chi connectivity index (χ1) is 10.3. The van der Waals surface area contributed by atoms with Gasteiger partial charge in [0.2, 0.25) is 6.41 Å². The summed E-state index contributed by atoms with van der Waals surface area (Å²) < 4.78 is 10.5. The van der Waals surface area contributed by atoms with Crippen LogP contribution in [0.1, 0.15) is 17.2 Å². The molecule has 4 nitrogen and oxygen atoms in total. The standard InChI is InChI=1S/C17H19NO3/c1-20-16-9-8-14(11-17(16)21-2)15(18-12-19)10-13-6-4-3-5-7-13/h3-9,11-12,15H,10H2,1-2H3,(H,18,19). The van der Waals surface area contributed by atoms with Gasteiger partial charge in [0.25, 0.3) is 0 Å². The minimum absolute atomic E-state index is 0.107. The van der Waals surface area contributed by atoms with Crippen molar-refractivity contribution < 1.29 is 14.3 Å². The maximum absolute atomic E-state index is 10.9. The van der Waals surface area contributed by atoms with Crippen LogP contribution in [0.2, 0.25) is 0 Å². The molecule has 0 aromatic heterocycles. The number of hydrogen-bond donors (Lipinski definition) is 1. The first-order valence-electron chi connectivity index (χ1n) is 6.74. The molecule has 21 heavy (non-hydrogen) atoms. The van der Waals surface area contributed by atoms with Gasteiger partial charge in [-0.2, -0.15) is 0 Å². The second-order valence-corrected chi connectivity index (χ2v) is 4.64. The van der Waals surface area contributed by atoms with Gasteiger partial charge in [-0.05, 0) is 29.7 Å². The van der Waals surface area contributed by atoms with Crippen molar-refractivity contribution >= 4 is 6.41 Å². The fourth-order valence-corrected chi connectivity index (χ4v) is 2.27. The molecule has 0 aliphatic rings. The Balaban J connectivity index is 2.27. The number of rotatable bonds is 7. The van der Waals surface area contributed by atoms with E-state index in [2.05, 4.69) is 5.32 Å². The zero-order valence-corrected chi connectivity index (χ0v) is 12.2. The van der Waals surface area contributed by atoms with Gasteiger partial charge in [0.1, 0.15) is 0 Å². The van der Waals surface area contributed by atoms with Gasteiger partial charge in [-0.15, -0.1) is 0 Å². The Kier molecular flexibility index (Phi) is 5.21. The largest absolute Gasteiger partial charge is 0.493 e. The molecule has 1 unspecified atom stereocenters. The van der Waals surface area contributed by atoms with Crippen molar-refractivity contribution in [2.24, 2.45) is 0 Å². The topological polar surface area (TPSA) is 47.6 Å². The summed E-state index contributed by atoms with van der Waals surface area (Å²) in [5, 5.41) is 2.86. The van der Waals surface area contributed by atoms with Gasteiger partial charge in [0.15, 0.2) is 11.5 Å². The molecule has 2 aromatic rings. The molecular weight excluding hydrogens is 266 g/mol. The number of methoxy groups -OCH3 is 2. The molecule has 0 saturated heterocycles. The molecule has 0 bridgehead atoms. The van der Waals surface area contributed by atoms with E-state index in [1.807, 2.05) is 48.5 Å². The van der Waals surface area contributed by atoms with Crippen LogP contribution in [0.3, 0.4) is 0 Å². The summed E-state index contributed by atoms with van der Waals surface area (Å²) in [6, 6.07) is 15.6. The van der Waals surface area contributed by atoms with Crippen LogP contribution in [0, 0.1) is 0 Å². The van der Waals surface area contributed by atoms with Gasteiger partial charge in [-0.3, -0.25) is 4.79 Å². The molecule has 0 fully saturated rings. The smallest absolute Gasteiger partial charge is 0.207 e. The first kappa shape index (κ1) is 14.9. The average molecular weight is 285 g/mol. The quantitative estimate of drug-likeness (QED) is 0.796. The van der Waals surface area contributed by atoms with Crippen LogP contribution in [-0.2, 0) is 11.2 Å². The van der Waals surface area contributed by atoms with E-state index in [0.29, 0.717) is 11.5 Å². The third-order valence-electron chi connectivity index (χ3n) is 3.36. The maximum Gasteiger partial charge on any atom is 0.207 e. The van der Waals surface area contributed by atoms with Crippen LogP contribution < -0.4 is 14.8 Å². The van der Waals surface area contributed by atoms with E-state index in [0.717, 1.165) is 24.0 Å². The van der Waals surface area contributed by atoms with E-state index < -0.39 is 0 Å². The van der Waals surface area contributed by atoms with Crippen molar-refractivity contribution in [1.29, 1.82) is 0 Å². The maximum atomic E-state index is 10.9. The van der Waals surface area contributed by atoms with Crippen molar-refractivity contribution in [3.05, 3.63) is 59.7 Å². The molecule has 2 aromatic carbocycles. The molecule has 1 N–H and O–H groups in total. The number of carbonyl (C=O) groups excluding carboxylic acids is 1. The van der Waals surface area contributed by atoms with Crippen molar-refractivity contribution in [2.75, 3.05) is 14.2 Å². The van der Waals surface area contributed by atoms with Crippen LogP contribution in [0.25, 0.3) is 0 Å². The highest BCUT2D eigenvalue weighted by atomic mass is 16.5. The highest BCUT2D eigenvalue weighted by Gasteiger charge is 2.14. The monoisotopic (exact) mass is 285 g/mol. The van der Waals surface area contributed by atoms with E-state index in [4.69, 9.17) is 9.47 Å². The van der Waals surface area contributed by atoms with Crippen LogP contribution in [-0.4, -0.2) is 20.6 Å². The summed E-state index contributed by atoms with van der Waals surface area (Å²) >= 11 is 0. The predicted octanol–water partition coefficient (Wildman–Crippen LogP) is 2.73. The van der Waals surface area contributed by atoms with E-state index in [1.165, 1.54) is 0 Å². The molecule has 1 amide bonds. The van der Waals surface area contributed by atoms with Gasteiger partial charge in [-0.25, -0.2) is 0 Å². The highest BCUT2D eigenvalue weighted by molar-refractivity contribution is 5.50.